The van der Waals surface area contributed by atoms with Crippen molar-refractivity contribution in [2.24, 2.45) is 0 Å². The van der Waals surface area contributed by atoms with E-state index in [9.17, 15) is 45.3 Å². The predicted octanol–water partition coefficient (Wildman–Crippen LogP) is 7.32. The quantitative estimate of drug-likeness (QED) is 0.0780. The zero-order valence-corrected chi connectivity index (χ0v) is 28.3. The zero-order valence-electron chi connectivity index (χ0n) is 28.3. The number of rotatable bonds is 14. The Labute approximate surface area is 293 Å². The number of ether oxygens (including phenoxy) is 1. The lowest BCUT2D eigenvalue weighted by molar-refractivity contribution is -0.385. The van der Waals surface area contributed by atoms with Crippen molar-refractivity contribution in [1.29, 1.82) is 0 Å². The van der Waals surface area contributed by atoms with Crippen LogP contribution in [-0.2, 0) is 30.7 Å². The first-order valence-corrected chi connectivity index (χ1v) is 15.7. The molecule has 4 aromatic rings. The molecule has 4 rings (SSSR count). The summed E-state index contributed by atoms with van der Waals surface area (Å²) in [6, 6.07) is 25.0. The number of carbonyl (C=O) groups excluding carboxylic acids is 1. The lowest BCUT2D eigenvalue weighted by Gasteiger charge is -2.27. The minimum atomic E-state index is -0.668. The first-order valence-electron chi connectivity index (χ1n) is 15.7. The van der Waals surface area contributed by atoms with Crippen LogP contribution >= 0.6 is 0 Å². The van der Waals surface area contributed by atoms with Crippen LogP contribution in [0, 0.1) is 40.5 Å². The molecule has 0 aromatic heterocycles. The number of nitro groups is 4. The maximum atomic E-state index is 12.6. The summed E-state index contributed by atoms with van der Waals surface area (Å²) in [6.45, 7) is 7.19. The molecule has 4 aromatic carbocycles. The van der Waals surface area contributed by atoms with Gasteiger partial charge in [0.1, 0.15) is 5.60 Å². The minimum absolute atomic E-state index is 0.00336. The summed E-state index contributed by atoms with van der Waals surface area (Å²) in [7, 11) is 0. The van der Waals surface area contributed by atoms with Crippen LogP contribution in [0.2, 0.25) is 0 Å². The van der Waals surface area contributed by atoms with Gasteiger partial charge in [0.25, 0.3) is 22.7 Å². The van der Waals surface area contributed by atoms with Gasteiger partial charge in [-0.15, -0.1) is 0 Å². The van der Waals surface area contributed by atoms with E-state index in [4.69, 9.17) is 4.74 Å². The van der Waals surface area contributed by atoms with Crippen LogP contribution in [0.4, 0.5) is 27.5 Å². The van der Waals surface area contributed by atoms with Crippen molar-refractivity contribution in [2.45, 2.75) is 52.3 Å². The third kappa shape index (κ3) is 13.6. The standard InChI is InChI=1S/C20H23N3O6.C15H15N3O4/c1-20(2,3)29-19(24)21(14-16-6-10-18(11-7-16)23(27)28)13-12-15-4-8-17(9-5-15)22(25)26;19-17(20)14-5-1-12(2-6-14)9-10-16-11-13-3-7-15(8-4-13)18(21)22/h4-11H,12-14H2,1-3H3;1-8,16H,9-11H2. The first-order chi connectivity index (χ1) is 24.1. The number of hydrogen-bond acceptors (Lipinski definition) is 11. The van der Waals surface area contributed by atoms with Crippen molar-refractivity contribution in [3.8, 4) is 0 Å². The van der Waals surface area contributed by atoms with Gasteiger partial charge in [0.2, 0.25) is 0 Å². The Kier molecular flexibility index (Phi) is 14.2. The van der Waals surface area contributed by atoms with Gasteiger partial charge in [-0.1, -0.05) is 48.5 Å². The molecule has 0 spiro atoms. The highest BCUT2D eigenvalue weighted by Gasteiger charge is 2.22. The smallest absolute Gasteiger partial charge is 0.410 e. The molecule has 0 atom stereocenters. The van der Waals surface area contributed by atoms with Gasteiger partial charge in [0, 0.05) is 68.2 Å². The summed E-state index contributed by atoms with van der Waals surface area (Å²) in [4.78, 5) is 55.0. The van der Waals surface area contributed by atoms with Crippen LogP contribution in [0.25, 0.3) is 0 Å². The Morgan fingerprint density at radius 1 is 0.588 bits per heavy atom. The number of nitro benzene ring substituents is 4. The molecule has 1 N–H and O–H groups in total. The molecule has 0 aliphatic carbocycles. The molecule has 16 heteroatoms. The SMILES string of the molecule is CC(C)(C)OC(=O)N(CCc1ccc([N+](=O)[O-])cc1)Cc1ccc([N+](=O)[O-])cc1.O=[N+]([O-])c1ccc(CCNCc2ccc([N+](=O)[O-])cc2)cc1. The molecule has 0 radical (unpaired) electrons. The summed E-state index contributed by atoms with van der Waals surface area (Å²) in [5, 5.41) is 45.9. The molecule has 0 aliphatic rings. The van der Waals surface area contributed by atoms with E-state index >= 15 is 0 Å². The van der Waals surface area contributed by atoms with Crippen molar-refractivity contribution in [3.05, 3.63) is 160 Å². The summed E-state index contributed by atoms with van der Waals surface area (Å²) >= 11 is 0. The van der Waals surface area contributed by atoms with E-state index in [-0.39, 0.29) is 29.3 Å². The predicted molar refractivity (Wildman–Crippen MR) is 188 cm³/mol. The summed E-state index contributed by atoms with van der Waals surface area (Å²) in [6.07, 6.45) is 0.729. The van der Waals surface area contributed by atoms with Crippen molar-refractivity contribution in [3.63, 3.8) is 0 Å². The minimum Gasteiger partial charge on any atom is -0.444 e. The van der Waals surface area contributed by atoms with E-state index < -0.39 is 31.4 Å². The van der Waals surface area contributed by atoms with Crippen molar-refractivity contribution < 1.29 is 29.2 Å². The van der Waals surface area contributed by atoms with Crippen LogP contribution in [0.5, 0.6) is 0 Å². The second kappa shape index (κ2) is 18.5. The Hall–Kier alpha value is -6.29. The van der Waals surface area contributed by atoms with E-state index in [1.165, 1.54) is 53.4 Å². The number of nitrogens with one attached hydrogen (secondary N) is 1. The molecule has 0 saturated carbocycles. The maximum Gasteiger partial charge on any atom is 0.410 e. The average molecular weight is 703 g/mol. The van der Waals surface area contributed by atoms with Gasteiger partial charge in [0.15, 0.2) is 0 Å². The van der Waals surface area contributed by atoms with Crippen LogP contribution in [0.3, 0.4) is 0 Å². The number of nitrogens with zero attached hydrogens (tertiary/aromatic N) is 5. The van der Waals surface area contributed by atoms with Gasteiger partial charge in [0.05, 0.1) is 19.7 Å². The molecule has 0 saturated heterocycles. The third-order valence-electron chi connectivity index (χ3n) is 7.20. The molecule has 0 heterocycles. The molecule has 0 fully saturated rings. The average Bonchev–Trinajstić information content (AvgIpc) is 3.08. The zero-order chi connectivity index (χ0) is 37.6. The monoisotopic (exact) mass is 702 g/mol. The van der Waals surface area contributed by atoms with Gasteiger partial charge < -0.3 is 15.0 Å². The molecular formula is C35H38N6O10. The number of amides is 1. The van der Waals surface area contributed by atoms with Crippen LogP contribution in [0.15, 0.2) is 97.1 Å². The lowest BCUT2D eigenvalue weighted by Crippen LogP contribution is -2.37. The van der Waals surface area contributed by atoms with Crippen LogP contribution < -0.4 is 5.32 Å². The Balaban J connectivity index is 0.000000286. The number of benzene rings is 4. The van der Waals surface area contributed by atoms with Gasteiger partial charge in [-0.3, -0.25) is 40.5 Å². The molecular weight excluding hydrogens is 664 g/mol. The highest BCUT2D eigenvalue weighted by Crippen LogP contribution is 2.18. The number of non-ortho nitro benzene ring substituents is 4. The summed E-state index contributed by atoms with van der Waals surface area (Å²) in [5.41, 5.74) is 3.02. The van der Waals surface area contributed by atoms with Gasteiger partial charge >= 0.3 is 6.09 Å². The first kappa shape index (κ1) is 39.2. The topological polar surface area (TPSA) is 214 Å². The van der Waals surface area contributed by atoms with Crippen molar-refractivity contribution in [2.75, 3.05) is 13.1 Å². The van der Waals surface area contributed by atoms with Crippen LogP contribution in [-0.4, -0.2) is 49.4 Å². The number of hydrogen-bond donors (Lipinski definition) is 1. The molecule has 0 unspecified atom stereocenters. The molecule has 0 bridgehead atoms. The van der Waals surface area contributed by atoms with Crippen molar-refractivity contribution in [1.82, 2.24) is 10.2 Å². The van der Waals surface area contributed by atoms with E-state index in [0.717, 1.165) is 35.2 Å². The van der Waals surface area contributed by atoms with Crippen molar-refractivity contribution >= 4 is 28.8 Å². The molecule has 0 aliphatic heterocycles. The summed E-state index contributed by atoms with van der Waals surface area (Å²) < 4.78 is 5.46. The summed E-state index contributed by atoms with van der Waals surface area (Å²) in [5.74, 6) is 0. The second-order valence-corrected chi connectivity index (χ2v) is 12.3. The van der Waals surface area contributed by atoms with Gasteiger partial charge in [-0.2, -0.15) is 0 Å². The second-order valence-electron chi connectivity index (χ2n) is 12.3. The lowest BCUT2D eigenvalue weighted by atomic mass is 10.1. The van der Waals surface area contributed by atoms with Gasteiger partial charge in [-0.05, 0) is 62.4 Å². The largest absolute Gasteiger partial charge is 0.444 e. The van der Waals surface area contributed by atoms with E-state index in [1.807, 2.05) is 0 Å². The van der Waals surface area contributed by atoms with Gasteiger partial charge in [-0.25, -0.2) is 4.79 Å². The number of carbonyl (C=O) groups is 1. The van der Waals surface area contributed by atoms with E-state index in [0.29, 0.717) is 19.5 Å². The van der Waals surface area contributed by atoms with Crippen LogP contribution in [0.1, 0.15) is 43.0 Å². The van der Waals surface area contributed by atoms with E-state index in [1.54, 1.807) is 69.3 Å². The fourth-order valence-electron chi connectivity index (χ4n) is 4.54. The highest BCUT2D eigenvalue weighted by atomic mass is 16.6. The third-order valence-corrected chi connectivity index (χ3v) is 7.20. The Bertz CT molecular complexity index is 1730. The highest BCUT2D eigenvalue weighted by molar-refractivity contribution is 5.68. The van der Waals surface area contributed by atoms with E-state index in [2.05, 4.69) is 5.32 Å². The maximum absolute atomic E-state index is 12.6. The molecule has 268 valence electrons. The molecule has 1 amide bonds. The fourth-order valence-corrected chi connectivity index (χ4v) is 4.54. The molecule has 51 heavy (non-hydrogen) atoms. The Morgan fingerprint density at radius 2 is 0.941 bits per heavy atom. The normalized spacial score (nSPS) is 10.7. The fraction of sp³-hybridized carbons (Fsp3) is 0.286. The Morgan fingerprint density at radius 3 is 1.31 bits per heavy atom. The molecule has 16 nitrogen and oxygen atoms in total.